The molecule has 8 nitrogen and oxygen atoms in total. The summed E-state index contributed by atoms with van der Waals surface area (Å²) in [7, 11) is 1.57. The van der Waals surface area contributed by atoms with Gasteiger partial charge in [0.1, 0.15) is 24.7 Å². The highest BCUT2D eigenvalue weighted by atomic mass is 16.6. The van der Waals surface area contributed by atoms with Crippen molar-refractivity contribution in [1.29, 1.82) is 0 Å². The third kappa shape index (κ3) is 5.06. The van der Waals surface area contributed by atoms with Gasteiger partial charge in [0.15, 0.2) is 0 Å². The fraction of sp³-hybridized carbons (Fsp3) is 0.231. The molecule has 0 saturated carbocycles. The van der Waals surface area contributed by atoms with Crippen LogP contribution in [0.25, 0.3) is 5.69 Å². The number of hydrogen-bond donors (Lipinski definition) is 0. The molecule has 0 radical (unpaired) electrons. The molecule has 0 bridgehead atoms. The lowest BCUT2D eigenvalue weighted by Crippen LogP contribution is -2.23. The second kappa shape index (κ2) is 10.6. The van der Waals surface area contributed by atoms with Gasteiger partial charge in [0, 0.05) is 23.7 Å². The third-order valence-corrected chi connectivity index (χ3v) is 5.32. The SMILES string of the molecule is CCCO/N=C(/c1ccccc1)c1cccc(OCc2c(C)cccc2-n2nnn(C)c2=O)c1. The molecular weight excluding hydrogens is 430 g/mol. The third-order valence-electron chi connectivity index (χ3n) is 5.32. The van der Waals surface area contributed by atoms with E-state index in [-0.39, 0.29) is 12.3 Å². The Hall–Kier alpha value is -4.20. The van der Waals surface area contributed by atoms with E-state index in [0.29, 0.717) is 18.0 Å². The van der Waals surface area contributed by atoms with Crippen LogP contribution in [0.3, 0.4) is 0 Å². The lowest BCUT2D eigenvalue weighted by Gasteiger charge is -2.14. The first-order valence-electron chi connectivity index (χ1n) is 11.1. The smallest absolute Gasteiger partial charge is 0.368 e. The zero-order chi connectivity index (χ0) is 23.9. The van der Waals surface area contributed by atoms with E-state index in [4.69, 9.17) is 9.57 Å². The van der Waals surface area contributed by atoms with Gasteiger partial charge in [0.25, 0.3) is 0 Å². The summed E-state index contributed by atoms with van der Waals surface area (Å²) in [5.41, 5.74) is 4.76. The number of benzene rings is 3. The molecular formula is C26H27N5O3. The fourth-order valence-electron chi connectivity index (χ4n) is 3.50. The summed E-state index contributed by atoms with van der Waals surface area (Å²) in [6.45, 7) is 4.83. The van der Waals surface area contributed by atoms with Crippen LogP contribution in [0, 0.1) is 6.92 Å². The first-order valence-corrected chi connectivity index (χ1v) is 11.1. The van der Waals surface area contributed by atoms with Crippen LogP contribution in [0.1, 0.15) is 35.6 Å². The van der Waals surface area contributed by atoms with Gasteiger partial charge in [-0.3, -0.25) is 0 Å². The van der Waals surface area contributed by atoms with E-state index in [1.807, 2.05) is 86.6 Å². The van der Waals surface area contributed by atoms with Crippen molar-refractivity contribution in [2.45, 2.75) is 26.9 Å². The molecule has 34 heavy (non-hydrogen) atoms. The van der Waals surface area contributed by atoms with E-state index in [2.05, 4.69) is 15.6 Å². The Morgan fingerprint density at radius 1 is 0.971 bits per heavy atom. The van der Waals surface area contributed by atoms with Crippen LogP contribution in [0.4, 0.5) is 0 Å². The van der Waals surface area contributed by atoms with E-state index < -0.39 is 0 Å². The summed E-state index contributed by atoms with van der Waals surface area (Å²) in [6, 6.07) is 23.3. The summed E-state index contributed by atoms with van der Waals surface area (Å²) >= 11 is 0. The second-order valence-corrected chi connectivity index (χ2v) is 7.83. The van der Waals surface area contributed by atoms with E-state index in [0.717, 1.165) is 34.4 Å². The van der Waals surface area contributed by atoms with Gasteiger partial charge in [-0.2, -0.15) is 9.36 Å². The minimum atomic E-state index is -0.315. The van der Waals surface area contributed by atoms with Crippen molar-refractivity contribution in [2.24, 2.45) is 12.2 Å². The minimum Gasteiger partial charge on any atom is -0.489 e. The first kappa shape index (κ1) is 23.0. The van der Waals surface area contributed by atoms with E-state index in [9.17, 15) is 4.79 Å². The predicted octanol–water partition coefficient (Wildman–Crippen LogP) is 4.03. The highest BCUT2D eigenvalue weighted by molar-refractivity contribution is 6.12. The highest BCUT2D eigenvalue weighted by Gasteiger charge is 2.14. The topological polar surface area (TPSA) is 83.5 Å². The number of tetrazole rings is 1. The molecule has 0 unspecified atom stereocenters. The monoisotopic (exact) mass is 457 g/mol. The zero-order valence-corrected chi connectivity index (χ0v) is 19.5. The average molecular weight is 458 g/mol. The maximum absolute atomic E-state index is 12.4. The van der Waals surface area contributed by atoms with Gasteiger partial charge in [-0.15, -0.1) is 0 Å². The maximum Gasteiger partial charge on any atom is 0.368 e. The molecule has 0 fully saturated rings. The highest BCUT2D eigenvalue weighted by Crippen LogP contribution is 2.22. The number of hydrogen-bond acceptors (Lipinski definition) is 6. The number of oxime groups is 1. The van der Waals surface area contributed by atoms with Crippen LogP contribution in [-0.4, -0.2) is 32.1 Å². The molecule has 3 aromatic carbocycles. The van der Waals surface area contributed by atoms with Crippen LogP contribution in [0.2, 0.25) is 0 Å². The van der Waals surface area contributed by atoms with Crippen molar-refractivity contribution in [3.63, 3.8) is 0 Å². The summed E-state index contributed by atoms with van der Waals surface area (Å²) in [4.78, 5) is 17.9. The molecule has 1 heterocycles. The van der Waals surface area contributed by atoms with Crippen LogP contribution in [0.15, 0.2) is 82.7 Å². The normalized spacial score (nSPS) is 11.4. The van der Waals surface area contributed by atoms with Crippen LogP contribution in [0.5, 0.6) is 5.75 Å². The largest absolute Gasteiger partial charge is 0.489 e. The molecule has 0 amide bonds. The molecule has 1 aromatic heterocycles. The standard InChI is InChI=1S/C26H27N5O3/c1-4-16-34-27-25(20-11-6-5-7-12-20)21-13-9-14-22(17-21)33-18-23-19(2)10-8-15-24(23)31-26(32)30(3)28-29-31/h5-15,17H,4,16,18H2,1-3H3/b27-25-. The molecule has 0 aliphatic rings. The molecule has 4 rings (SSSR count). The lowest BCUT2D eigenvalue weighted by atomic mass is 10.0. The molecule has 0 atom stereocenters. The Kier molecular flexibility index (Phi) is 7.17. The Morgan fingerprint density at radius 3 is 2.47 bits per heavy atom. The van der Waals surface area contributed by atoms with Gasteiger partial charge < -0.3 is 9.57 Å². The Labute approximate surface area is 198 Å². The van der Waals surface area contributed by atoms with Crippen molar-refractivity contribution < 1.29 is 9.57 Å². The number of nitrogens with zero attached hydrogens (tertiary/aromatic N) is 5. The summed E-state index contributed by atoms with van der Waals surface area (Å²) in [5.74, 6) is 0.678. The fourth-order valence-corrected chi connectivity index (χ4v) is 3.50. The second-order valence-electron chi connectivity index (χ2n) is 7.83. The van der Waals surface area contributed by atoms with E-state index in [1.165, 1.54) is 9.36 Å². The van der Waals surface area contributed by atoms with Crippen LogP contribution < -0.4 is 10.4 Å². The molecule has 8 heteroatoms. The first-order chi connectivity index (χ1) is 16.6. The predicted molar refractivity (Wildman–Crippen MR) is 130 cm³/mol. The molecule has 0 aliphatic heterocycles. The lowest BCUT2D eigenvalue weighted by molar-refractivity contribution is 0.145. The van der Waals surface area contributed by atoms with Gasteiger partial charge in [-0.25, -0.2) is 4.79 Å². The van der Waals surface area contributed by atoms with Crippen LogP contribution in [-0.2, 0) is 18.5 Å². The molecule has 0 N–H and O–H groups in total. The minimum absolute atomic E-state index is 0.263. The van der Waals surface area contributed by atoms with E-state index in [1.54, 1.807) is 7.05 Å². The quantitative estimate of drug-likeness (QED) is 0.215. The molecule has 0 saturated heterocycles. The Balaban J connectivity index is 1.62. The summed E-state index contributed by atoms with van der Waals surface area (Å²) in [5, 5.41) is 12.2. The maximum atomic E-state index is 12.4. The van der Waals surface area contributed by atoms with Gasteiger partial charge >= 0.3 is 5.69 Å². The van der Waals surface area contributed by atoms with Gasteiger partial charge in [0.05, 0.1) is 5.69 Å². The Bertz CT molecular complexity index is 1340. The number of rotatable bonds is 9. The van der Waals surface area contributed by atoms with Crippen molar-refractivity contribution in [3.05, 3.63) is 106 Å². The Morgan fingerprint density at radius 2 is 1.74 bits per heavy atom. The number of aryl methyl sites for hydroxylation is 2. The van der Waals surface area contributed by atoms with Gasteiger partial charge in [-0.1, -0.05) is 66.7 Å². The summed E-state index contributed by atoms with van der Waals surface area (Å²) in [6.07, 6.45) is 0.877. The molecule has 4 aromatic rings. The van der Waals surface area contributed by atoms with Crippen molar-refractivity contribution in [3.8, 4) is 11.4 Å². The van der Waals surface area contributed by atoms with E-state index >= 15 is 0 Å². The molecule has 0 aliphatic carbocycles. The number of aromatic nitrogens is 4. The zero-order valence-electron chi connectivity index (χ0n) is 19.5. The van der Waals surface area contributed by atoms with Gasteiger partial charge in [-0.05, 0) is 47.5 Å². The van der Waals surface area contributed by atoms with Crippen molar-refractivity contribution in [2.75, 3.05) is 6.61 Å². The van der Waals surface area contributed by atoms with Crippen LogP contribution >= 0.6 is 0 Å². The number of ether oxygens (including phenoxy) is 1. The molecule has 174 valence electrons. The van der Waals surface area contributed by atoms with Crippen molar-refractivity contribution in [1.82, 2.24) is 19.8 Å². The summed E-state index contributed by atoms with van der Waals surface area (Å²) < 4.78 is 8.65. The average Bonchev–Trinajstić information content (AvgIpc) is 3.19. The molecule has 0 spiro atoms. The van der Waals surface area contributed by atoms with Crippen molar-refractivity contribution >= 4 is 5.71 Å². The van der Waals surface area contributed by atoms with Gasteiger partial charge in [0.2, 0.25) is 0 Å².